The lowest BCUT2D eigenvalue weighted by Crippen LogP contribution is -2.17. The third-order valence-electron chi connectivity index (χ3n) is 4.97. The summed E-state index contributed by atoms with van der Waals surface area (Å²) < 4.78 is 1.57. The number of nitrogens with zero attached hydrogens (tertiary/aromatic N) is 2. The summed E-state index contributed by atoms with van der Waals surface area (Å²) >= 11 is 1.21. The van der Waals surface area contributed by atoms with Gasteiger partial charge in [-0.15, -0.1) is 0 Å². The molecule has 0 unspecified atom stereocenters. The largest absolute Gasteiger partial charge is 0.321 e. The van der Waals surface area contributed by atoms with E-state index in [1.165, 1.54) is 23.0 Å². The molecular formula is C22H21N3O2S. The summed E-state index contributed by atoms with van der Waals surface area (Å²) in [5, 5.41) is 2.86. The normalized spacial score (nSPS) is 11.5. The second-order valence-corrected chi connectivity index (χ2v) is 8.34. The van der Waals surface area contributed by atoms with Crippen molar-refractivity contribution in [1.29, 1.82) is 0 Å². The summed E-state index contributed by atoms with van der Waals surface area (Å²) in [5.41, 5.74) is 5.42. The number of amides is 1. The number of aromatic nitrogens is 2. The molecule has 0 aliphatic rings. The quantitative estimate of drug-likeness (QED) is 0.540. The van der Waals surface area contributed by atoms with Gasteiger partial charge >= 0.3 is 0 Å². The van der Waals surface area contributed by atoms with Gasteiger partial charge in [-0.05, 0) is 60.7 Å². The first-order valence-corrected chi connectivity index (χ1v) is 10.00. The number of benzene rings is 2. The van der Waals surface area contributed by atoms with Crippen molar-refractivity contribution in [3.63, 3.8) is 0 Å². The molecule has 0 saturated heterocycles. The van der Waals surface area contributed by atoms with Gasteiger partial charge in [-0.2, -0.15) is 0 Å². The van der Waals surface area contributed by atoms with E-state index in [9.17, 15) is 9.59 Å². The molecule has 0 aliphatic carbocycles. The van der Waals surface area contributed by atoms with Crippen LogP contribution in [0.1, 0.15) is 46.1 Å². The number of carbonyl (C=O) groups is 1. The topological polar surface area (TPSA) is 63.5 Å². The SMILES string of the molecule is Cc1cc2nc3sc(C(=O)Nc4ccc(C(C)C)cc4)cc(=O)n3c2cc1C. The van der Waals surface area contributed by atoms with Crippen molar-refractivity contribution in [3.05, 3.63) is 74.4 Å². The van der Waals surface area contributed by atoms with Crippen molar-refractivity contribution in [1.82, 2.24) is 9.38 Å². The summed E-state index contributed by atoms with van der Waals surface area (Å²) in [6.45, 7) is 8.27. The minimum atomic E-state index is -0.304. The van der Waals surface area contributed by atoms with Crippen LogP contribution in [0.4, 0.5) is 5.69 Å². The summed E-state index contributed by atoms with van der Waals surface area (Å²) in [4.78, 5) is 30.8. The Morgan fingerprint density at radius 3 is 2.43 bits per heavy atom. The van der Waals surface area contributed by atoms with Crippen molar-refractivity contribution in [2.45, 2.75) is 33.6 Å². The second kappa shape index (κ2) is 6.87. The van der Waals surface area contributed by atoms with Crippen LogP contribution in [0, 0.1) is 13.8 Å². The average molecular weight is 391 g/mol. The summed E-state index contributed by atoms with van der Waals surface area (Å²) in [6.07, 6.45) is 0. The fraction of sp³-hybridized carbons (Fsp3) is 0.227. The van der Waals surface area contributed by atoms with Gasteiger partial charge in [0.2, 0.25) is 0 Å². The van der Waals surface area contributed by atoms with E-state index in [1.807, 2.05) is 50.2 Å². The predicted octanol–water partition coefficient (Wildman–Crippen LogP) is 4.90. The van der Waals surface area contributed by atoms with Crippen LogP contribution in [0.15, 0.2) is 47.3 Å². The van der Waals surface area contributed by atoms with E-state index in [-0.39, 0.29) is 11.5 Å². The zero-order valence-electron chi connectivity index (χ0n) is 16.2. The van der Waals surface area contributed by atoms with Gasteiger partial charge in [0.1, 0.15) is 4.88 Å². The molecular weight excluding hydrogens is 370 g/mol. The Bertz CT molecular complexity index is 1270. The number of rotatable bonds is 3. The molecule has 0 radical (unpaired) electrons. The highest BCUT2D eigenvalue weighted by Crippen LogP contribution is 2.23. The molecule has 6 heteroatoms. The van der Waals surface area contributed by atoms with E-state index >= 15 is 0 Å². The second-order valence-electron chi connectivity index (χ2n) is 7.33. The van der Waals surface area contributed by atoms with Gasteiger partial charge in [-0.1, -0.05) is 37.3 Å². The van der Waals surface area contributed by atoms with Crippen molar-refractivity contribution in [2.75, 3.05) is 5.32 Å². The van der Waals surface area contributed by atoms with Crippen molar-refractivity contribution >= 4 is 38.9 Å². The number of fused-ring (bicyclic) bond motifs is 3. The number of anilines is 1. The van der Waals surface area contributed by atoms with E-state index in [2.05, 4.69) is 24.1 Å². The highest BCUT2D eigenvalue weighted by Gasteiger charge is 2.15. The maximum Gasteiger partial charge on any atom is 0.266 e. The van der Waals surface area contributed by atoms with Gasteiger partial charge in [-0.3, -0.25) is 14.0 Å². The van der Waals surface area contributed by atoms with Crippen molar-refractivity contribution in [3.8, 4) is 0 Å². The lowest BCUT2D eigenvalue weighted by atomic mass is 10.0. The minimum Gasteiger partial charge on any atom is -0.321 e. The number of nitrogens with one attached hydrogen (secondary N) is 1. The zero-order valence-corrected chi connectivity index (χ0v) is 17.1. The monoisotopic (exact) mass is 391 g/mol. The van der Waals surface area contributed by atoms with E-state index in [0.717, 1.165) is 22.2 Å². The Labute approximate surface area is 166 Å². The fourth-order valence-electron chi connectivity index (χ4n) is 3.15. The number of carbonyl (C=O) groups excluding carboxylic acids is 1. The van der Waals surface area contributed by atoms with Crippen molar-refractivity contribution in [2.24, 2.45) is 0 Å². The number of aryl methyl sites for hydroxylation is 2. The van der Waals surface area contributed by atoms with Crippen LogP contribution in [0.3, 0.4) is 0 Å². The Kier molecular flexibility index (Phi) is 4.51. The number of hydrogen-bond acceptors (Lipinski definition) is 4. The van der Waals surface area contributed by atoms with Crippen LogP contribution >= 0.6 is 11.3 Å². The maximum atomic E-state index is 12.7. The molecule has 2 aromatic carbocycles. The summed E-state index contributed by atoms with van der Waals surface area (Å²) in [5.74, 6) is 0.126. The molecule has 0 fully saturated rings. The Hall–Kier alpha value is -2.99. The molecule has 4 aromatic rings. The standard InChI is InChI=1S/C22H21N3O2S/c1-12(2)15-5-7-16(8-6-15)23-21(27)19-11-20(26)25-18-10-14(4)13(3)9-17(18)24-22(25)28-19/h5-12H,1-4H3,(H,23,27). The molecule has 2 heterocycles. The molecule has 0 atom stereocenters. The highest BCUT2D eigenvalue weighted by atomic mass is 32.1. The van der Waals surface area contributed by atoms with Crippen LogP contribution in [0.2, 0.25) is 0 Å². The first-order chi connectivity index (χ1) is 13.3. The van der Waals surface area contributed by atoms with Crippen LogP contribution < -0.4 is 10.9 Å². The van der Waals surface area contributed by atoms with Gasteiger partial charge in [0, 0.05) is 11.8 Å². The van der Waals surface area contributed by atoms with Crippen molar-refractivity contribution < 1.29 is 4.79 Å². The third-order valence-corrected chi connectivity index (χ3v) is 5.95. The van der Waals surface area contributed by atoms with Gasteiger partial charge in [0.05, 0.1) is 11.0 Å². The first-order valence-electron chi connectivity index (χ1n) is 9.18. The van der Waals surface area contributed by atoms with Crippen LogP contribution in [0.25, 0.3) is 16.0 Å². The van der Waals surface area contributed by atoms with Gasteiger partial charge in [0.15, 0.2) is 4.96 Å². The molecule has 142 valence electrons. The number of imidazole rings is 1. The molecule has 1 N–H and O–H groups in total. The fourth-order valence-corrected chi connectivity index (χ4v) is 4.08. The number of hydrogen-bond donors (Lipinski definition) is 1. The molecule has 0 bridgehead atoms. The molecule has 0 saturated carbocycles. The van der Waals surface area contributed by atoms with Gasteiger partial charge in [-0.25, -0.2) is 4.98 Å². The third kappa shape index (κ3) is 3.20. The molecule has 2 aromatic heterocycles. The average Bonchev–Trinajstić information content (AvgIpc) is 3.00. The van der Waals surface area contributed by atoms with E-state index in [1.54, 1.807) is 4.40 Å². The van der Waals surface area contributed by atoms with Gasteiger partial charge < -0.3 is 5.32 Å². The predicted molar refractivity (Wildman–Crippen MR) is 115 cm³/mol. The van der Waals surface area contributed by atoms with Crippen LogP contribution in [-0.2, 0) is 0 Å². The highest BCUT2D eigenvalue weighted by molar-refractivity contribution is 7.18. The van der Waals surface area contributed by atoms with Crippen LogP contribution in [0.5, 0.6) is 0 Å². The smallest absolute Gasteiger partial charge is 0.266 e. The Morgan fingerprint density at radius 2 is 1.75 bits per heavy atom. The minimum absolute atomic E-state index is 0.250. The lowest BCUT2D eigenvalue weighted by molar-refractivity contribution is 0.103. The summed E-state index contributed by atoms with van der Waals surface area (Å²) in [6, 6.07) is 13.1. The maximum absolute atomic E-state index is 12.7. The first kappa shape index (κ1) is 18.4. The molecule has 0 aliphatic heterocycles. The van der Waals surface area contributed by atoms with Crippen LogP contribution in [-0.4, -0.2) is 15.3 Å². The van der Waals surface area contributed by atoms with E-state index in [0.29, 0.717) is 21.4 Å². The molecule has 1 amide bonds. The Balaban J connectivity index is 1.71. The molecule has 5 nitrogen and oxygen atoms in total. The molecule has 28 heavy (non-hydrogen) atoms. The molecule has 4 rings (SSSR count). The summed E-state index contributed by atoms with van der Waals surface area (Å²) in [7, 11) is 0. The Morgan fingerprint density at radius 1 is 1.07 bits per heavy atom. The zero-order chi connectivity index (χ0) is 20.0. The molecule has 0 spiro atoms. The van der Waals surface area contributed by atoms with Gasteiger partial charge in [0.25, 0.3) is 11.5 Å². The van der Waals surface area contributed by atoms with E-state index in [4.69, 9.17) is 0 Å². The lowest BCUT2D eigenvalue weighted by Gasteiger charge is -2.08. The van der Waals surface area contributed by atoms with E-state index < -0.39 is 0 Å².